The molecule has 19 heavy (non-hydrogen) atoms. The molecule has 1 aromatic rings. The molecule has 4 heteroatoms. The van der Waals surface area contributed by atoms with Gasteiger partial charge in [0, 0.05) is 24.8 Å². The second-order valence-corrected chi connectivity index (χ2v) is 5.39. The summed E-state index contributed by atoms with van der Waals surface area (Å²) in [5, 5.41) is 3.51. The number of pyridine rings is 1. The predicted molar refractivity (Wildman–Crippen MR) is 75.4 cm³/mol. The minimum Gasteiger partial charge on any atom is -0.313 e. The lowest BCUT2D eigenvalue weighted by Gasteiger charge is -2.39. The second-order valence-electron chi connectivity index (χ2n) is 5.39. The van der Waals surface area contributed by atoms with Crippen LogP contribution in [0.25, 0.3) is 0 Å². The number of aromatic nitrogens is 1. The summed E-state index contributed by atoms with van der Waals surface area (Å²) < 4.78 is 13.2. The van der Waals surface area contributed by atoms with E-state index >= 15 is 0 Å². The van der Waals surface area contributed by atoms with Gasteiger partial charge in [-0.1, -0.05) is 13.3 Å². The summed E-state index contributed by atoms with van der Waals surface area (Å²) in [5.41, 5.74) is 0.968. The maximum atomic E-state index is 13.2. The van der Waals surface area contributed by atoms with E-state index in [2.05, 4.69) is 29.0 Å². The summed E-state index contributed by atoms with van der Waals surface area (Å²) in [6.45, 7) is 7.27. The number of likely N-dealkylation sites (tertiary alicyclic amines) is 1. The molecular weight excluding hydrogens is 241 g/mol. The molecule has 0 spiro atoms. The molecule has 1 fully saturated rings. The van der Waals surface area contributed by atoms with Crippen LogP contribution in [-0.4, -0.2) is 35.1 Å². The molecule has 0 saturated carbocycles. The summed E-state index contributed by atoms with van der Waals surface area (Å²) >= 11 is 0. The summed E-state index contributed by atoms with van der Waals surface area (Å²) in [6, 6.07) is 2.61. The van der Waals surface area contributed by atoms with Gasteiger partial charge in [-0.3, -0.25) is 9.88 Å². The van der Waals surface area contributed by atoms with E-state index in [0.717, 1.165) is 25.2 Å². The molecule has 1 aromatic heterocycles. The van der Waals surface area contributed by atoms with Gasteiger partial charge < -0.3 is 5.32 Å². The molecule has 1 aliphatic rings. The molecule has 106 valence electrons. The first-order chi connectivity index (χ1) is 9.20. The van der Waals surface area contributed by atoms with Crippen LogP contribution >= 0.6 is 0 Å². The third kappa shape index (κ3) is 3.98. The van der Waals surface area contributed by atoms with Crippen LogP contribution in [0, 0.1) is 5.82 Å². The van der Waals surface area contributed by atoms with Crippen molar-refractivity contribution in [2.24, 2.45) is 0 Å². The topological polar surface area (TPSA) is 28.2 Å². The van der Waals surface area contributed by atoms with E-state index in [4.69, 9.17) is 0 Å². The van der Waals surface area contributed by atoms with E-state index in [1.807, 2.05) is 0 Å². The van der Waals surface area contributed by atoms with Gasteiger partial charge in [-0.15, -0.1) is 0 Å². The van der Waals surface area contributed by atoms with Crippen molar-refractivity contribution in [3.63, 3.8) is 0 Å². The highest BCUT2D eigenvalue weighted by Crippen LogP contribution is 2.22. The van der Waals surface area contributed by atoms with Gasteiger partial charge in [-0.25, -0.2) is 4.39 Å². The van der Waals surface area contributed by atoms with Gasteiger partial charge in [-0.2, -0.15) is 0 Å². The van der Waals surface area contributed by atoms with E-state index in [-0.39, 0.29) is 5.82 Å². The zero-order valence-corrected chi connectivity index (χ0v) is 11.9. The van der Waals surface area contributed by atoms with Crippen molar-refractivity contribution in [1.29, 1.82) is 0 Å². The predicted octanol–water partition coefficient (Wildman–Crippen LogP) is 2.57. The molecule has 0 amide bonds. The van der Waals surface area contributed by atoms with Crippen LogP contribution in [0.15, 0.2) is 18.5 Å². The average molecular weight is 265 g/mol. The summed E-state index contributed by atoms with van der Waals surface area (Å²) in [4.78, 5) is 6.40. The SMILES string of the molecule is CCNC(C)C1CCCCN1Cc1cncc(F)c1. The molecule has 3 nitrogen and oxygen atoms in total. The number of halogens is 1. The molecule has 2 heterocycles. The fourth-order valence-electron chi connectivity index (χ4n) is 3.01. The van der Waals surface area contributed by atoms with Gasteiger partial charge in [0.2, 0.25) is 0 Å². The van der Waals surface area contributed by atoms with Crippen LogP contribution in [0.5, 0.6) is 0 Å². The van der Waals surface area contributed by atoms with Gasteiger partial charge in [0.25, 0.3) is 0 Å². The Hall–Kier alpha value is -1.00. The van der Waals surface area contributed by atoms with Crippen molar-refractivity contribution in [2.75, 3.05) is 13.1 Å². The minimum absolute atomic E-state index is 0.245. The highest BCUT2D eigenvalue weighted by atomic mass is 19.1. The number of likely N-dealkylation sites (N-methyl/N-ethyl adjacent to an activating group) is 1. The van der Waals surface area contributed by atoms with Crippen molar-refractivity contribution < 1.29 is 4.39 Å². The Morgan fingerprint density at radius 2 is 2.32 bits per heavy atom. The van der Waals surface area contributed by atoms with Crippen LogP contribution < -0.4 is 5.32 Å². The average Bonchev–Trinajstić information content (AvgIpc) is 2.39. The first-order valence-electron chi connectivity index (χ1n) is 7.27. The Morgan fingerprint density at radius 1 is 1.47 bits per heavy atom. The van der Waals surface area contributed by atoms with Crippen molar-refractivity contribution in [2.45, 2.75) is 51.7 Å². The maximum absolute atomic E-state index is 13.2. The normalized spacial score (nSPS) is 22.4. The molecule has 0 radical (unpaired) electrons. The Labute approximate surface area is 115 Å². The molecule has 0 aliphatic carbocycles. The van der Waals surface area contributed by atoms with E-state index in [0.29, 0.717) is 12.1 Å². The van der Waals surface area contributed by atoms with Crippen LogP contribution in [0.1, 0.15) is 38.7 Å². The van der Waals surface area contributed by atoms with Gasteiger partial charge in [-0.05, 0) is 44.5 Å². The van der Waals surface area contributed by atoms with E-state index < -0.39 is 0 Å². The lowest BCUT2D eigenvalue weighted by atomic mass is 9.96. The number of nitrogens with zero attached hydrogens (tertiary/aromatic N) is 2. The lowest BCUT2D eigenvalue weighted by molar-refractivity contribution is 0.112. The zero-order valence-electron chi connectivity index (χ0n) is 11.9. The van der Waals surface area contributed by atoms with Crippen LogP contribution in [0.3, 0.4) is 0 Å². The molecule has 2 rings (SSSR count). The van der Waals surface area contributed by atoms with Crippen LogP contribution in [0.4, 0.5) is 4.39 Å². The van der Waals surface area contributed by atoms with Crippen molar-refractivity contribution in [1.82, 2.24) is 15.2 Å². The van der Waals surface area contributed by atoms with Crippen LogP contribution in [0.2, 0.25) is 0 Å². The highest BCUT2D eigenvalue weighted by molar-refractivity contribution is 5.10. The third-order valence-corrected chi connectivity index (χ3v) is 3.91. The monoisotopic (exact) mass is 265 g/mol. The first-order valence-corrected chi connectivity index (χ1v) is 7.27. The number of nitrogens with one attached hydrogen (secondary N) is 1. The first kappa shape index (κ1) is 14.4. The Morgan fingerprint density at radius 3 is 3.05 bits per heavy atom. The Kier molecular flexibility index (Phi) is 5.28. The maximum Gasteiger partial charge on any atom is 0.141 e. The highest BCUT2D eigenvalue weighted by Gasteiger charge is 2.26. The van der Waals surface area contributed by atoms with Gasteiger partial charge in [0.05, 0.1) is 6.20 Å². The largest absolute Gasteiger partial charge is 0.313 e. The van der Waals surface area contributed by atoms with Crippen molar-refractivity contribution >= 4 is 0 Å². The van der Waals surface area contributed by atoms with Crippen molar-refractivity contribution in [3.05, 3.63) is 29.8 Å². The van der Waals surface area contributed by atoms with Crippen molar-refractivity contribution in [3.8, 4) is 0 Å². The van der Waals surface area contributed by atoms with Gasteiger partial charge >= 0.3 is 0 Å². The molecule has 0 bridgehead atoms. The zero-order chi connectivity index (χ0) is 13.7. The molecule has 0 aromatic carbocycles. The molecule has 2 unspecified atom stereocenters. The smallest absolute Gasteiger partial charge is 0.141 e. The van der Waals surface area contributed by atoms with E-state index in [1.54, 1.807) is 12.3 Å². The third-order valence-electron chi connectivity index (χ3n) is 3.91. The fourth-order valence-corrected chi connectivity index (χ4v) is 3.01. The van der Waals surface area contributed by atoms with E-state index in [9.17, 15) is 4.39 Å². The van der Waals surface area contributed by atoms with Gasteiger partial charge in [0.1, 0.15) is 5.82 Å². The fraction of sp³-hybridized carbons (Fsp3) is 0.667. The molecule has 2 atom stereocenters. The summed E-state index contributed by atoms with van der Waals surface area (Å²) in [6.07, 6.45) is 6.78. The Balaban J connectivity index is 2.03. The second kappa shape index (κ2) is 6.96. The molecule has 1 N–H and O–H groups in total. The minimum atomic E-state index is -0.245. The quantitative estimate of drug-likeness (QED) is 0.887. The summed E-state index contributed by atoms with van der Waals surface area (Å²) in [7, 11) is 0. The molecule has 1 aliphatic heterocycles. The number of piperidine rings is 1. The summed E-state index contributed by atoms with van der Waals surface area (Å²) in [5.74, 6) is -0.245. The Bertz CT molecular complexity index is 397. The van der Waals surface area contributed by atoms with Crippen LogP contribution in [-0.2, 0) is 6.54 Å². The van der Waals surface area contributed by atoms with Gasteiger partial charge in [0.15, 0.2) is 0 Å². The molecule has 1 saturated heterocycles. The molecular formula is C15H24FN3. The number of rotatable bonds is 5. The van der Waals surface area contributed by atoms with E-state index in [1.165, 1.54) is 25.5 Å². The standard InChI is InChI=1S/C15H24FN3/c1-3-18-12(2)15-6-4-5-7-19(15)11-13-8-14(16)10-17-9-13/h8-10,12,15,18H,3-7,11H2,1-2H3. The number of hydrogen-bond donors (Lipinski definition) is 1. The number of hydrogen-bond acceptors (Lipinski definition) is 3. The lowest BCUT2D eigenvalue weighted by Crippen LogP contribution is -2.50.